The number of nitrogens with zero attached hydrogens (tertiary/aromatic N) is 1. The van der Waals surface area contributed by atoms with Gasteiger partial charge in [0.2, 0.25) is 5.91 Å². The lowest BCUT2D eigenvalue weighted by Crippen LogP contribution is -2.41. The van der Waals surface area contributed by atoms with Gasteiger partial charge < -0.3 is 5.32 Å². The molecule has 0 aromatic rings. The zero-order chi connectivity index (χ0) is 15.0. The Labute approximate surface area is 123 Å². The van der Waals surface area contributed by atoms with Gasteiger partial charge in [-0.1, -0.05) is 32.8 Å². The van der Waals surface area contributed by atoms with E-state index in [1.165, 1.54) is 5.57 Å². The minimum Gasteiger partial charge on any atom is -0.350 e. The summed E-state index contributed by atoms with van der Waals surface area (Å²) in [5, 5.41) is 3.10. The third-order valence-corrected chi connectivity index (χ3v) is 3.39. The highest BCUT2D eigenvalue weighted by atomic mass is 16.1. The number of hydrogen-bond donors (Lipinski definition) is 1. The molecule has 1 amide bonds. The van der Waals surface area contributed by atoms with Gasteiger partial charge in [0.15, 0.2) is 0 Å². The lowest BCUT2D eigenvalue weighted by molar-refractivity contribution is -0.119. The van der Waals surface area contributed by atoms with E-state index < -0.39 is 0 Å². The quantitative estimate of drug-likeness (QED) is 0.618. The molecular formula is C17H28N2O. The molecule has 1 unspecified atom stereocenters. The summed E-state index contributed by atoms with van der Waals surface area (Å²) >= 11 is 0. The summed E-state index contributed by atoms with van der Waals surface area (Å²) in [6, 6.07) is 0.175. The average molecular weight is 276 g/mol. The van der Waals surface area contributed by atoms with Crippen molar-refractivity contribution in [2.45, 2.75) is 53.0 Å². The zero-order valence-corrected chi connectivity index (χ0v) is 13.3. The predicted molar refractivity (Wildman–Crippen MR) is 84.3 cm³/mol. The maximum Gasteiger partial charge on any atom is 0.217 e. The van der Waals surface area contributed by atoms with Crippen molar-refractivity contribution < 1.29 is 4.79 Å². The van der Waals surface area contributed by atoms with Gasteiger partial charge in [-0.05, 0) is 24.3 Å². The van der Waals surface area contributed by atoms with Crippen LogP contribution in [0.15, 0.2) is 11.6 Å². The molecule has 0 saturated carbocycles. The van der Waals surface area contributed by atoms with Gasteiger partial charge in [0.25, 0.3) is 0 Å². The van der Waals surface area contributed by atoms with Crippen molar-refractivity contribution in [1.29, 1.82) is 0 Å². The average Bonchev–Trinajstić information content (AvgIpc) is 2.37. The number of amides is 1. The van der Waals surface area contributed by atoms with Crippen molar-refractivity contribution in [2.75, 3.05) is 19.6 Å². The number of carbonyl (C=O) groups excluding carboxylic acids is 1. The van der Waals surface area contributed by atoms with E-state index in [1.54, 1.807) is 6.92 Å². The first-order chi connectivity index (χ1) is 9.52. The summed E-state index contributed by atoms with van der Waals surface area (Å²) in [5.74, 6) is 6.96. The Balaban J connectivity index is 2.65. The number of hydrogen-bond acceptors (Lipinski definition) is 2. The monoisotopic (exact) mass is 276 g/mol. The standard InChI is InChI=1S/C17H28N2O/c1-5-6-7-10-19-11-8-9-16(13-19)17(12-14(2)3)18-15(4)20/h9,14,17H,5,8,10-13H2,1-4H3,(H,18,20). The van der Waals surface area contributed by atoms with Crippen molar-refractivity contribution in [1.82, 2.24) is 10.2 Å². The molecule has 1 heterocycles. The number of rotatable bonds is 5. The maximum atomic E-state index is 11.4. The molecule has 0 aromatic heterocycles. The summed E-state index contributed by atoms with van der Waals surface area (Å²) in [6.45, 7) is 10.9. The highest BCUT2D eigenvalue weighted by molar-refractivity contribution is 5.73. The first kappa shape index (κ1) is 16.8. The molecule has 1 N–H and O–H groups in total. The van der Waals surface area contributed by atoms with Crippen LogP contribution in [0.25, 0.3) is 0 Å². The minimum atomic E-state index is 0.0550. The van der Waals surface area contributed by atoms with E-state index in [9.17, 15) is 4.79 Å². The third-order valence-electron chi connectivity index (χ3n) is 3.39. The largest absolute Gasteiger partial charge is 0.350 e. The van der Waals surface area contributed by atoms with Gasteiger partial charge in [0, 0.05) is 26.4 Å². The van der Waals surface area contributed by atoms with Crippen molar-refractivity contribution >= 4 is 5.91 Å². The summed E-state index contributed by atoms with van der Waals surface area (Å²) < 4.78 is 0. The smallest absolute Gasteiger partial charge is 0.217 e. The summed E-state index contributed by atoms with van der Waals surface area (Å²) in [5.41, 5.74) is 1.35. The van der Waals surface area contributed by atoms with Gasteiger partial charge in [-0.2, -0.15) is 0 Å². The van der Waals surface area contributed by atoms with Crippen LogP contribution in [0.1, 0.15) is 47.0 Å². The molecular weight excluding hydrogens is 248 g/mol. The molecule has 1 atom stereocenters. The lowest BCUT2D eigenvalue weighted by Gasteiger charge is -2.31. The fourth-order valence-corrected chi connectivity index (χ4v) is 2.53. The van der Waals surface area contributed by atoms with Crippen LogP contribution < -0.4 is 5.32 Å². The van der Waals surface area contributed by atoms with Crippen LogP contribution in [0.3, 0.4) is 0 Å². The van der Waals surface area contributed by atoms with Crippen LogP contribution in [0.5, 0.6) is 0 Å². The van der Waals surface area contributed by atoms with Gasteiger partial charge in [-0.15, -0.1) is 5.92 Å². The van der Waals surface area contributed by atoms with Crippen LogP contribution in [0, 0.1) is 17.8 Å². The van der Waals surface area contributed by atoms with E-state index >= 15 is 0 Å². The lowest BCUT2D eigenvalue weighted by atomic mass is 9.94. The summed E-state index contributed by atoms with van der Waals surface area (Å²) in [6.07, 6.45) is 5.27. The van der Waals surface area contributed by atoms with E-state index in [1.807, 2.05) is 0 Å². The molecule has 1 rings (SSSR count). The van der Waals surface area contributed by atoms with E-state index in [0.29, 0.717) is 5.92 Å². The minimum absolute atomic E-state index is 0.0550. The third kappa shape index (κ3) is 6.25. The fourth-order valence-electron chi connectivity index (χ4n) is 2.53. The molecule has 0 aromatic carbocycles. The molecule has 1 aliphatic heterocycles. The van der Waals surface area contributed by atoms with E-state index in [2.05, 4.69) is 48.9 Å². The Bertz CT molecular complexity index is 401. The maximum absolute atomic E-state index is 11.4. The first-order valence-electron chi connectivity index (χ1n) is 7.67. The fraction of sp³-hybridized carbons (Fsp3) is 0.706. The Hall–Kier alpha value is -1.27. The van der Waals surface area contributed by atoms with Crippen molar-refractivity contribution in [3.05, 3.63) is 11.6 Å². The van der Waals surface area contributed by atoms with Crippen LogP contribution in [-0.4, -0.2) is 36.5 Å². The molecule has 3 nitrogen and oxygen atoms in total. The van der Waals surface area contributed by atoms with Crippen molar-refractivity contribution in [3.63, 3.8) is 0 Å². The Morgan fingerprint density at radius 1 is 1.45 bits per heavy atom. The molecule has 112 valence electrons. The van der Waals surface area contributed by atoms with E-state index in [-0.39, 0.29) is 11.9 Å². The molecule has 0 aliphatic carbocycles. The highest BCUT2D eigenvalue weighted by Gasteiger charge is 2.21. The van der Waals surface area contributed by atoms with Gasteiger partial charge in [0.05, 0.1) is 12.6 Å². The molecule has 0 spiro atoms. The topological polar surface area (TPSA) is 32.3 Å². The normalized spacial score (nSPS) is 17.1. The van der Waals surface area contributed by atoms with Crippen LogP contribution in [0.4, 0.5) is 0 Å². The van der Waals surface area contributed by atoms with Gasteiger partial charge in [0.1, 0.15) is 0 Å². The molecule has 0 saturated heterocycles. The molecule has 0 bridgehead atoms. The van der Waals surface area contributed by atoms with Crippen LogP contribution >= 0.6 is 0 Å². The van der Waals surface area contributed by atoms with Gasteiger partial charge >= 0.3 is 0 Å². The van der Waals surface area contributed by atoms with Gasteiger partial charge in [-0.3, -0.25) is 9.69 Å². The predicted octanol–water partition coefficient (Wildman–Crippen LogP) is 2.58. The SMILES string of the molecule is CCC#CCN1CCC=C(C(CC(C)C)NC(C)=O)C1. The molecule has 1 aliphatic rings. The van der Waals surface area contributed by atoms with Gasteiger partial charge in [-0.25, -0.2) is 0 Å². The molecule has 0 radical (unpaired) electrons. The molecule has 0 fully saturated rings. The Kier molecular flexibility index (Phi) is 7.40. The Morgan fingerprint density at radius 3 is 2.80 bits per heavy atom. The number of nitrogens with one attached hydrogen (secondary N) is 1. The Morgan fingerprint density at radius 2 is 2.20 bits per heavy atom. The van der Waals surface area contributed by atoms with Crippen molar-refractivity contribution in [2.24, 2.45) is 5.92 Å². The highest BCUT2D eigenvalue weighted by Crippen LogP contribution is 2.18. The molecule has 3 heteroatoms. The number of carbonyl (C=O) groups is 1. The van der Waals surface area contributed by atoms with E-state index in [0.717, 1.165) is 38.9 Å². The second-order valence-electron chi connectivity index (χ2n) is 5.87. The second kappa shape index (κ2) is 8.81. The van der Waals surface area contributed by atoms with E-state index in [4.69, 9.17) is 0 Å². The van der Waals surface area contributed by atoms with Crippen LogP contribution in [0.2, 0.25) is 0 Å². The zero-order valence-electron chi connectivity index (χ0n) is 13.3. The first-order valence-corrected chi connectivity index (χ1v) is 7.67. The van der Waals surface area contributed by atoms with Crippen molar-refractivity contribution in [3.8, 4) is 11.8 Å². The summed E-state index contributed by atoms with van der Waals surface area (Å²) in [7, 11) is 0. The molecule has 20 heavy (non-hydrogen) atoms. The second-order valence-corrected chi connectivity index (χ2v) is 5.87. The summed E-state index contributed by atoms with van der Waals surface area (Å²) in [4.78, 5) is 13.8. The van der Waals surface area contributed by atoms with Crippen LogP contribution in [-0.2, 0) is 4.79 Å².